The molecule has 0 spiro atoms. The smallest absolute Gasteiger partial charge is 0.321 e. The van der Waals surface area contributed by atoms with Gasteiger partial charge in [0.1, 0.15) is 0 Å². The van der Waals surface area contributed by atoms with Gasteiger partial charge >= 0.3 is 6.03 Å². The summed E-state index contributed by atoms with van der Waals surface area (Å²) in [5, 5.41) is 2.75. The van der Waals surface area contributed by atoms with Crippen molar-refractivity contribution < 1.29 is 14.3 Å². The SMILES string of the molecule is COCCN(CCOC)C(=O)N/C=C/C(C)(C)C. The van der Waals surface area contributed by atoms with E-state index in [2.05, 4.69) is 26.1 Å². The molecule has 0 heterocycles. The molecule has 0 radical (unpaired) electrons. The van der Waals surface area contributed by atoms with Gasteiger partial charge in [-0.2, -0.15) is 0 Å². The van der Waals surface area contributed by atoms with E-state index in [0.29, 0.717) is 26.3 Å². The summed E-state index contributed by atoms with van der Waals surface area (Å²) in [7, 11) is 3.23. The highest BCUT2D eigenvalue weighted by Gasteiger charge is 2.11. The van der Waals surface area contributed by atoms with Crippen molar-refractivity contribution in [3.63, 3.8) is 0 Å². The van der Waals surface area contributed by atoms with Crippen LogP contribution in [0.1, 0.15) is 20.8 Å². The van der Waals surface area contributed by atoms with Crippen LogP contribution in [0.4, 0.5) is 4.79 Å². The van der Waals surface area contributed by atoms with Crippen LogP contribution in [0.2, 0.25) is 0 Å². The van der Waals surface area contributed by atoms with Crippen molar-refractivity contribution in [1.82, 2.24) is 10.2 Å². The van der Waals surface area contributed by atoms with E-state index in [-0.39, 0.29) is 11.4 Å². The molecular formula is C13H26N2O3. The maximum atomic E-state index is 11.9. The van der Waals surface area contributed by atoms with Gasteiger partial charge in [-0.25, -0.2) is 4.79 Å². The molecule has 0 saturated carbocycles. The van der Waals surface area contributed by atoms with E-state index in [1.807, 2.05) is 6.08 Å². The second kappa shape index (κ2) is 8.94. The fourth-order valence-corrected chi connectivity index (χ4v) is 1.17. The molecule has 0 bridgehead atoms. The van der Waals surface area contributed by atoms with Crippen LogP contribution in [-0.4, -0.2) is 51.5 Å². The molecule has 0 aliphatic carbocycles. The van der Waals surface area contributed by atoms with Crippen LogP contribution in [0.15, 0.2) is 12.3 Å². The van der Waals surface area contributed by atoms with Crippen LogP contribution < -0.4 is 5.32 Å². The molecular weight excluding hydrogens is 232 g/mol. The first-order valence-corrected chi connectivity index (χ1v) is 6.11. The lowest BCUT2D eigenvalue weighted by atomic mass is 9.97. The monoisotopic (exact) mass is 258 g/mol. The Morgan fingerprint density at radius 2 is 1.67 bits per heavy atom. The van der Waals surface area contributed by atoms with Crippen molar-refractivity contribution in [2.75, 3.05) is 40.5 Å². The van der Waals surface area contributed by atoms with Crippen LogP contribution in [-0.2, 0) is 9.47 Å². The highest BCUT2D eigenvalue weighted by Crippen LogP contribution is 2.13. The van der Waals surface area contributed by atoms with Crippen LogP contribution in [0, 0.1) is 5.41 Å². The summed E-state index contributed by atoms with van der Waals surface area (Å²) >= 11 is 0. The number of rotatable bonds is 7. The van der Waals surface area contributed by atoms with E-state index in [1.54, 1.807) is 25.3 Å². The van der Waals surface area contributed by atoms with E-state index < -0.39 is 0 Å². The van der Waals surface area contributed by atoms with Crippen molar-refractivity contribution in [2.24, 2.45) is 5.41 Å². The van der Waals surface area contributed by atoms with Crippen molar-refractivity contribution >= 4 is 6.03 Å². The first-order valence-electron chi connectivity index (χ1n) is 6.11. The third-order valence-electron chi connectivity index (χ3n) is 2.21. The average Bonchev–Trinajstić information content (AvgIpc) is 2.27. The summed E-state index contributed by atoms with van der Waals surface area (Å²) in [5.41, 5.74) is 0.0527. The Labute approximate surface area is 110 Å². The Balaban J connectivity index is 4.23. The van der Waals surface area contributed by atoms with Gasteiger partial charge in [-0.15, -0.1) is 0 Å². The van der Waals surface area contributed by atoms with Crippen molar-refractivity contribution in [2.45, 2.75) is 20.8 Å². The van der Waals surface area contributed by atoms with Crippen LogP contribution in [0.3, 0.4) is 0 Å². The lowest BCUT2D eigenvalue weighted by molar-refractivity contribution is 0.123. The number of ether oxygens (including phenoxy) is 2. The van der Waals surface area contributed by atoms with E-state index in [1.165, 1.54) is 0 Å². The number of nitrogens with one attached hydrogen (secondary N) is 1. The number of carbonyl (C=O) groups excluding carboxylic acids is 1. The Morgan fingerprint density at radius 1 is 1.17 bits per heavy atom. The molecule has 0 atom stereocenters. The normalized spacial score (nSPS) is 11.8. The van der Waals surface area contributed by atoms with E-state index in [9.17, 15) is 4.79 Å². The van der Waals surface area contributed by atoms with Crippen molar-refractivity contribution in [3.8, 4) is 0 Å². The lowest BCUT2D eigenvalue weighted by Crippen LogP contribution is -2.41. The molecule has 0 aromatic heterocycles. The van der Waals surface area contributed by atoms with Gasteiger partial charge < -0.3 is 19.7 Å². The zero-order valence-electron chi connectivity index (χ0n) is 12.2. The topological polar surface area (TPSA) is 50.8 Å². The minimum atomic E-state index is -0.135. The molecule has 0 aliphatic heterocycles. The van der Waals surface area contributed by atoms with Gasteiger partial charge in [-0.3, -0.25) is 0 Å². The quantitative estimate of drug-likeness (QED) is 0.758. The van der Waals surface area contributed by atoms with Crippen LogP contribution >= 0.6 is 0 Å². The number of carbonyl (C=O) groups is 1. The molecule has 1 N–H and O–H groups in total. The number of allylic oxidation sites excluding steroid dienone is 1. The second-order valence-corrected chi connectivity index (χ2v) is 5.12. The molecule has 0 unspecified atom stereocenters. The summed E-state index contributed by atoms with van der Waals surface area (Å²) < 4.78 is 9.96. The highest BCUT2D eigenvalue weighted by molar-refractivity contribution is 5.75. The molecule has 0 fully saturated rings. The Bertz CT molecular complexity index is 251. The van der Waals surface area contributed by atoms with Gasteiger partial charge in [-0.05, 0) is 5.41 Å². The van der Waals surface area contributed by atoms with Gasteiger partial charge in [0.25, 0.3) is 0 Å². The Morgan fingerprint density at radius 3 is 2.06 bits per heavy atom. The largest absolute Gasteiger partial charge is 0.383 e. The van der Waals surface area contributed by atoms with Crippen LogP contribution in [0.5, 0.6) is 0 Å². The Kier molecular flexibility index (Phi) is 8.41. The number of hydrogen-bond donors (Lipinski definition) is 1. The summed E-state index contributed by atoms with van der Waals surface area (Å²) in [6.45, 7) is 8.35. The first kappa shape index (κ1) is 16.9. The molecule has 0 saturated heterocycles. The van der Waals surface area contributed by atoms with Gasteiger partial charge in [0.2, 0.25) is 0 Å². The predicted molar refractivity (Wildman–Crippen MR) is 72.5 cm³/mol. The fourth-order valence-electron chi connectivity index (χ4n) is 1.17. The molecule has 18 heavy (non-hydrogen) atoms. The maximum Gasteiger partial charge on any atom is 0.321 e. The minimum absolute atomic E-state index is 0.0527. The molecule has 5 heteroatoms. The first-order chi connectivity index (χ1) is 8.40. The minimum Gasteiger partial charge on any atom is -0.383 e. The summed E-state index contributed by atoms with van der Waals surface area (Å²) in [6, 6.07) is -0.135. The van der Waals surface area contributed by atoms with E-state index >= 15 is 0 Å². The zero-order valence-corrected chi connectivity index (χ0v) is 12.2. The summed E-state index contributed by atoms with van der Waals surface area (Å²) in [4.78, 5) is 13.6. The molecule has 5 nitrogen and oxygen atoms in total. The standard InChI is InChI=1S/C13H26N2O3/c1-13(2,3)6-7-14-12(16)15(8-10-17-4)9-11-18-5/h6-7H,8-11H2,1-5H3,(H,14,16)/b7-6+. The summed E-state index contributed by atoms with van der Waals surface area (Å²) in [6.07, 6.45) is 3.64. The van der Waals surface area contributed by atoms with Gasteiger partial charge in [0, 0.05) is 33.5 Å². The third kappa shape index (κ3) is 9.01. The number of nitrogens with zero attached hydrogens (tertiary/aromatic N) is 1. The number of methoxy groups -OCH3 is 2. The molecule has 0 aliphatic rings. The highest BCUT2D eigenvalue weighted by atomic mass is 16.5. The molecule has 106 valence electrons. The fraction of sp³-hybridized carbons (Fsp3) is 0.769. The number of amides is 2. The molecule has 0 aromatic rings. The van der Waals surface area contributed by atoms with E-state index in [4.69, 9.17) is 9.47 Å². The average molecular weight is 258 g/mol. The number of urea groups is 1. The second-order valence-electron chi connectivity index (χ2n) is 5.12. The third-order valence-corrected chi connectivity index (χ3v) is 2.21. The molecule has 0 rings (SSSR count). The number of hydrogen-bond acceptors (Lipinski definition) is 3. The van der Waals surface area contributed by atoms with Crippen LogP contribution in [0.25, 0.3) is 0 Å². The predicted octanol–water partition coefficient (Wildman–Crippen LogP) is 1.85. The van der Waals surface area contributed by atoms with Crippen molar-refractivity contribution in [3.05, 3.63) is 12.3 Å². The van der Waals surface area contributed by atoms with Gasteiger partial charge in [0.15, 0.2) is 0 Å². The van der Waals surface area contributed by atoms with Gasteiger partial charge in [-0.1, -0.05) is 26.8 Å². The molecule has 2 amide bonds. The summed E-state index contributed by atoms with van der Waals surface area (Å²) in [5.74, 6) is 0. The molecule has 0 aromatic carbocycles. The lowest BCUT2D eigenvalue weighted by Gasteiger charge is -2.21. The maximum absolute atomic E-state index is 11.9. The Hall–Kier alpha value is -1.07. The van der Waals surface area contributed by atoms with Gasteiger partial charge in [0.05, 0.1) is 13.2 Å². The van der Waals surface area contributed by atoms with Crippen molar-refractivity contribution in [1.29, 1.82) is 0 Å². The van der Waals surface area contributed by atoms with E-state index in [0.717, 1.165) is 0 Å². The zero-order chi connectivity index (χ0) is 14.0.